The number of ether oxygens (including phenoxy) is 1. The SMILES string of the molecule is O=[N+]([O-])c1ccc(Oc2ccccc2Br)cc1CO. The zero-order chi connectivity index (χ0) is 13.8. The Morgan fingerprint density at radius 1 is 1.26 bits per heavy atom. The van der Waals surface area contributed by atoms with Gasteiger partial charge in [0, 0.05) is 6.07 Å². The number of hydrogen-bond acceptors (Lipinski definition) is 4. The maximum atomic E-state index is 10.8. The highest BCUT2D eigenvalue weighted by Crippen LogP contribution is 2.31. The zero-order valence-corrected chi connectivity index (χ0v) is 11.3. The van der Waals surface area contributed by atoms with Gasteiger partial charge in [0.2, 0.25) is 0 Å². The summed E-state index contributed by atoms with van der Waals surface area (Å²) in [6, 6.07) is 11.5. The maximum absolute atomic E-state index is 10.8. The molecule has 0 aliphatic heterocycles. The summed E-state index contributed by atoms with van der Waals surface area (Å²) in [4.78, 5) is 10.2. The van der Waals surface area contributed by atoms with E-state index >= 15 is 0 Å². The van der Waals surface area contributed by atoms with Gasteiger partial charge in [0.1, 0.15) is 11.5 Å². The van der Waals surface area contributed by atoms with E-state index in [-0.39, 0.29) is 11.3 Å². The van der Waals surface area contributed by atoms with Gasteiger partial charge in [0.05, 0.1) is 21.6 Å². The van der Waals surface area contributed by atoms with Crippen LogP contribution in [0, 0.1) is 10.1 Å². The molecule has 0 amide bonds. The van der Waals surface area contributed by atoms with Crippen molar-refractivity contribution >= 4 is 21.6 Å². The third kappa shape index (κ3) is 3.10. The molecule has 0 aromatic heterocycles. The van der Waals surface area contributed by atoms with Crippen molar-refractivity contribution in [3.8, 4) is 11.5 Å². The Morgan fingerprint density at radius 3 is 2.63 bits per heavy atom. The summed E-state index contributed by atoms with van der Waals surface area (Å²) in [6.45, 7) is -0.413. The topological polar surface area (TPSA) is 72.6 Å². The number of nitrogens with zero attached hydrogens (tertiary/aromatic N) is 1. The van der Waals surface area contributed by atoms with Crippen LogP contribution >= 0.6 is 15.9 Å². The largest absolute Gasteiger partial charge is 0.456 e. The number of nitro benzene ring substituents is 1. The number of aliphatic hydroxyl groups excluding tert-OH is 1. The lowest BCUT2D eigenvalue weighted by Gasteiger charge is -2.08. The van der Waals surface area contributed by atoms with Gasteiger partial charge in [-0.1, -0.05) is 12.1 Å². The molecule has 0 spiro atoms. The molecule has 5 nitrogen and oxygen atoms in total. The third-order valence-corrected chi connectivity index (χ3v) is 3.14. The van der Waals surface area contributed by atoms with E-state index in [0.717, 1.165) is 4.47 Å². The van der Waals surface area contributed by atoms with Crippen molar-refractivity contribution in [1.29, 1.82) is 0 Å². The molecular formula is C13H10BrNO4. The van der Waals surface area contributed by atoms with Gasteiger partial charge in [-0.2, -0.15) is 0 Å². The second-order valence-electron chi connectivity index (χ2n) is 3.74. The standard InChI is InChI=1S/C13H10BrNO4/c14-11-3-1-2-4-13(11)19-10-5-6-12(15(17)18)9(7-10)8-16/h1-7,16H,8H2. The van der Waals surface area contributed by atoms with Gasteiger partial charge in [-0.05, 0) is 40.2 Å². The van der Waals surface area contributed by atoms with Crippen LogP contribution in [0.4, 0.5) is 5.69 Å². The van der Waals surface area contributed by atoms with Crippen molar-refractivity contribution in [3.05, 3.63) is 62.6 Å². The van der Waals surface area contributed by atoms with E-state index < -0.39 is 11.5 Å². The van der Waals surface area contributed by atoms with E-state index in [4.69, 9.17) is 9.84 Å². The van der Waals surface area contributed by atoms with E-state index in [1.807, 2.05) is 18.2 Å². The lowest BCUT2D eigenvalue weighted by Crippen LogP contribution is -1.96. The Kier molecular flexibility index (Phi) is 4.13. The minimum Gasteiger partial charge on any atom is -0.456 e. The lowest BCUT2D eigenvalue weighted by molar-refractivity contribution is -0.385. The fourth-order valence-electron chi connectivity index (χ4n) is 1.58. The highest BCUT2D eigenvalue weighted by atomic mass is 79.9. The molecule has 0 heterocycles. The molecule has 6 heteroatoms. The quantitative estimate of drug-likeness (QED) is 0.688. The minimum atomic E-state index is -0.534. The molecule has 0 radical (unpaired) electrons. The van der Waals surface area contributed by atoms with Crippen molar-refractivity contribution in [2.24, 2.45) is 0 Å². The zero-order valence-electron chi connectivity index (χ0n) is 9.75. The fourth-order valence-corrected chi connectivity index (χ4v) is 1.95. The van der Waals surface area contributed by atoms with E-state index in [0.29, 0.717) is 11.5 Å². The van der Waals surface area contributed by atoms with Crippen molar-refractivity contribution in [2.75, 3.05) is 0 Å². The van der Waals surface area contributed by atoms with Gasteiger partial charge >= 0.3 is 0 Å². The van der Waals surface area contributed by atoms with Gasteiger partial charge in [-0.3, -0.25) is 10.1 Å². The first-order chi connectivity index (χ1) is 9.11. The van der Waals surface area contributed by atoms with Crippen LogP contribution in [0.5, 0.6) is 11.5 Å². The fraction of sp³-hybridized carbons (Fsp3) is 0.0769. The predicted molar refractivity (Wildman–Crippen MR) is 73.2 cm³/mol. The average Bonchev–Trinajstić information content (AvgIpc) is 2.41. The number of hydrogen-bond donors (Lipinski definition) is 1. The summed E-state index contributed by atoms with van der Waals surface area (Å²) in [6.07, 6.45) is 0. The highest BCUT2D eigenvalue weighted by Gasteiger charge is 2.14. The van der Waals surface area contributed by atoms with Gasteiger partial charge in [-0.15, -0.1) is 0 Å². The van der Waals surface area contributed by atoms with Gasteiger partial charge in [-0.25, -0.2) is 0 Å². The Bertz CT molecular complexity index is 615. The summed E-state index contributed by atoms with van der Waals surface area (Å²) in [5, 5.41) is 19.9. The number of para-hydroxylation sites is 1. The number of aliphatic hydroxyl groups is 1. The molecule has 19 heavy (non-hydrogen) atoms. The third-order valence-electron chi connectivity index (χ3n) is 2.48. The molecular weight excluding hydrogens is 314 g/mol. The first-order valence-electron chi connectivity index (χ1n) is 5.42. The molecule has 2 aromatic rings. The van der Waals surface area contributed by atoms with Crippen molar-refractivity contribution in [3.63, 3.8) is 0 Å². The highest BCUT2D eigenvalue weighted by molar-refractivity contribution is 9.10. The summed E-state index contributed by atoms with van der Waals surface area (Å²) in [7, 11) is 0. The van der Waals surface area contributed by atoms with Crippen LogP contribution in [0.3, 0.4) is 0 Å². The smallest absolute Gasteiger partial charge is 0.275 e. The van der Waals surface area contributed by atoms with Crippen LogP contribution in [-0.2, 0) is 6.61 Å². The van der Waals surface area contributed by atoms with Crippen LogP contribution in [-0.4, -0.2) is 10.0 Å². The van der Waals surface area contributed by atoms with Crippen LogP contribution in [0.2, 0.25) is 0 Å². The lowest BCUT2D eigenvalue weighted by atomic mass is 10.2. The normalized spacial score (nSPS) is 10.2. The van der Waals surface area contributed by atoms with Gasteiger partial charge in [0.25, 0.3) is 5.69 Å². The predicted octanol–water partition coefficient (Wildman–Crippen LogP) is 3.64. The van der Waals surface area contributed by atoms with Gasteiger partial charge in [0.15, 0.2) is 0 Å². The number of nitro groups is 1. The summed E-state index contributed by atoms with van der Waals surface area (Å²) >= 11 is 3.34. The molecule has 0 aliphatic rings. The van der Waals surface area contributed by atoms with Crippen molar-refractivity contribution in [1.82, 2.24) is 0 Å². The summed E-state index contributed by atoms with van der Waals surface area (Å²) in [5.41, 5.74) is 0.0940. The Labute approximate surface area is 117 Å². The second kappa shape index (κ2) is 5.81. The molecule has 0 saturated heterocycles. The number of rotatable bonds is 4. The number of halogens is 1. The van der Waals surface area contributed by atoms with E-state index in [9.17, 15) is 10.1 Å². The first-order valence-corrected chi connectivity index (χ1v) is 6.21. The average molecular weight is 324 g/mol. The maximum Gasteiger partial charge on any atom is 0.275 e. The van der Waals surface area contributed by atoms with E-state index in [2.05, 4.69) is 15.9 Å². The Morgan fingerprint density at radius 2 is 2.00 bits per heavy atom. The van der Waals surface area contributed by atoms with Crippen LogP contribution in [0.25, 0.3) is 0 Å². The van der Waals surface area contributed by atoms with Crippen LogP contribution < -0.4 is 4.74 Å². The van der Waals surface area contributed by atoms with Crippen molar-refractivity contribution in [2.45, 2.75) is 6.61 Å². The molecule has 1 N–H and O–H groups in total. The molecule has 0 unspecified atom stereocenters. The molecule has 0 atom stereocenters. The van der Waals surface area contributed by atoms with Crippen LogP contribution in [0.15, 0.2) is 46.9 Å². The summed E-state index contributed by atoms with van der Waals surface area (Å²) in [5.74, 6) is 1.03. The monoisotopic (exact) mass is 323 g/mol. The molecule has 2 aromatic carbocycles. The van der Waals surface area contributed by atoms with Crippen LogP contribution in [0.1, 0.15) is 5.56 Å². The molecule has 0 saturated carbocycles. The molecule has 0 aliphatic carbocycles. The minimum absolute atomic E-state index is 0.123. The Balaban J connectivity index is 2.32. The van der Waals surface area contributed by atoms with E-state index in [1.54, 1.807) is 6.07 Å². The molecule has 0 fully saturated rings. The van der Waals surface area contributed by atoms with E-state index in [1.165, 1.54) is 18.2 Å². The number of benzene rings is 2. The molecule has 2 rings (SSSR count). The molecule has 98 valence electrons. The van der Waals surface area contributed by atoms with Gasteiger partial charge < -0.3 is 9.84 Å². The molecule has 0 bridgehead atoms. The second-order valence-corrected chi connectivity index (χ2v) is 4.59. The van der Waals surface area contributed by atoms with Crippen molar-refractivity contribution < 1.29 is 14.8 Å². The Hall–Kier alpha value is -1.92. The first kappa shape index (κ1) is 13.5. The summed E-state index contributed by atoms with van der Waals surface area (Å²) < 4.78 is 6.38.